The molecule has 6 nitrogen and oxygen atoms in total. The van der Waals surface area contributed by atoms with E-state index in [1.165, 1.54) is 0 Å². The van der Waals surface area contributed by atoms with Gasteiger partial charge in [0.2, 0.25) is 0 Å². The number of aliphatic carboxylic acids is 1. The summed E-state index contributed by atoms with van der Waals surface area (Å²) in [6.45, 7) is 3.67. The van der Waals surface area contributed by atoms with Crippen LogP contribution in [0.2, 0.25) is 5.02 Å². The first-order valence-electron chi connectivity index (χ1n) is 10.1. The van der Waals surface area contributed by atoms with Gasteiger partial charge in [-0.3, -0.25) is 4.79 Å². The van der Waals surface area contributed by atoms with Crippen molar-refractivity contribution in [2.75, 3.05) is 19.6 Å². The lowest BCUT2D eigenvalue weighted by molar-refractivity contribution is -0.152. The molecule has 150 valence electrons. The molecule has 2 atom stereocenters. The molecule has 1 N–H and O–H groups in total. The number of benzene rings is 1. The molecular formula is C21H27ClN4O2. The summed E-state index contributed by atoms with van der Waals surface area (Å²) >= 11 is 6.00. The third kappa shape index (κ3) is 4.24. The van der Waals surface area contributed by atoms with Crippen molar-refractivity contribution in [3.8, 4) is 0 Å². The first-order valence-corrected chi connectivity index (χ1v) is 10.4. The van der Waals surface area contributed by atoms with E-state index in [0.29, 0.717) is 10.9 Å². The molecule has 28 heavy (non-hydrogen) atoms. The lowest BCUT2D eigenvalue weighted by Gasteiger charge is -2.40. The Morgan fingerprint density at radius 1 is 1.14 bits per heavy atom. The number of nitrogens with zero attached hydrogens (tertiary/aromatic N) is 4. The maximum Gasteiger partial charge on any atom is 0.322 e. The molecule has 1 unspecified atom stereocenters. The number of carboxylic acids is 1. The Hall–Kier alpha value is -1.89. The number of aromatic nitrogens is 2. The molecule has 0 saturated carbocycles. The van der Waals surface area contributed by atoms with Crippen LogP contribution in [-0.2, 0) is 11.3 Å². The molecule has 0 spiro atoms. The highest BCUT2D eigenvalue weighted by Crippen LogP contribution is 2.36. The van der Waals surface area contributed by atoms with E-state index in [-0.39, 0.29) is 5.92 Å². The highest BCUT2D eigenvalue weighted by atomic mass is 35.5. The van der Waals surface area contributed by atoms with Crippen LogP contribution in [0.5, 0.6) is 0 Å². The Morgan fingerprint density at radius 2 is 1.89 bits per heavy atom. The standard InChI is InChI=1S/C21H27ClN4O2/c22-18-3-1-17(2-4-18)19-8-13-26(20(19)21(27)28)25-11-6-16(7-12-25)5-10-24-14-9-23-15-24/h1-4,9,14-16,19-20H,5-8,10-13H2,(H,27,28)/t19?,20-/m0/s1. The zero-order chi connectivity index (χ0) is 19.5. The molecule has 2 aromatic rings. The van der Waals surface area contributed by atoms with E-state index in [1.54, 1.807) is 0 Å². The molecule has 4 rings (SSSR count). The Labute approximate surface area is 170 Å². The second kappa shape index (κ2) is 8.64. The van der Waals surface area contributed by atoms with Gasteiger partial charge in [-0.15, -0.1) is 0 Å². The van der Waals surface area contributed by atoms with E-state index in [4.69, 9.17) is 11.6 Å². The van der Waals surface area contributed by atoms with Crippen LogP contribution in [0, 0.1) is 5.92 Å². The second-order valence-corrected chi connectivity index (χ2v) is 8.32. The molecule has 0 aliphatic carbocycles. The number of hydrazine groups is 1. The summed E-state index contributed by atoms with van der Waals surface area (Å²) in [6, 6.07) is 7.14. The summed E-state index contributed by atoms with van der Waals surface area (Å²) in [5.74, 6) is -0.0370. The molecule has 3 heterocycles. The highest BCUT2D eigenvalue weighted by Gasteiger charge is 2.43. The van der Waals surface area contributed by atoms with Crippen LogP contribution < -0.4 is 0 Å². The van der Waals surface area contributed by atoms with Crippen LogP contribution in [0.3, 0.4) is 0 Å². The van der Waals surface area contributed by atoms with E-state index in [0.717, 1.165) is 57.4 Å². The van der Waals surface area contributed by atoms with Crippen LogP contribution in [0.4, 0.5) is 0 Å². The van der Waals surface area contributed by atoms with Crippen molar-refractivity contribution >= 4 is 17.6 Å². The monoisotopic (exact) mass is 402 g/mol. The van der Waals surface area contributed by atoms with Gasteiger partial charge in [0.1, 0.15) is 6.04 Å². The Bertz CT molecular complexity index is 772. The molecule has 2 aliphatic rings. The van der Waals surface area contributed by atoms with Crippen LogP contribution in [-0.4, -0.2) is 56.3 Å². The zero-order valence-corrected chi connectivity index (χ0v) is 16.7. The van der Waals surface area contributed by atoms with E-state index in [9.17, 15) is 9.90 Å². The quantitative estimate of drug-likeness (QED) is 0.801. The minimum atomic E-state index is -0.736. The van der Waals surface area contributed by atoms with Crippen molar-refractivity contribution in [3.63, 3.8) is 0 Å². The van der Waals surface area contributed by atoms with Gasteiger partial charge in [0.05, 0.1) is 6.33 Å². The van der Waals surface area contributed by atoms with Crippen molar-refractivity contribution in [2.24, 2.45) is 5.92 Å². The topological polar surface area (TPSA) is 61.6 Å². The fourth-order valence-electron chi connectivity index (χ4n) is 4.67. The van der Waals surface area contributed by atoms with Crippen molar-refractivity contribution < 1.29 is 9.90 Å². The zero-order valence-electron chi connectivity index (χ0n) is 16.0. The predicted octanol–water partition coefficient (Wildman–Crippen LogP) is 3.50. The third-order valence-electron chi connectivity index (χ3n) is 6.23. The van der Waals surface area contributed by atoms with Gasteiger partial charge in [-0.05, 0) is 49.3 Å². The van der Waals surface area contributed by atoms with Crippen molar-refractivity contribution in [1.29, 1.82) is 0 Å². The van der Waals surface area contributed by atoms with Gasteiger partial charge in [0.15, 0.2) is 0 Å². The van der Waals surface area contributed by atoms with Gasteiger partial charge in [-0.1, -0.05) is 23.7 Å². The van der Waals surface area contributed by atoms with Gasteiger partial charge >= 0.3 is 5.97 Å². The summed E-state index contributed by atoms with van der Waals surface area (Å²) in [5, 5.41) is 15.0. The minimum Gasteiger partial charge on any atom is -0.480 e. The summed E-state index contributed by atoms with van der Waals surface area (Å²) in [4.78, 5) is 16.2. The first-order chi connectivity index (χ1) is 13.6. The predicted molar refractivity (Wildman–Crippen MR) is 108 cm³/mol. The normalized spacial score (nSPS) is 24.6. The Balaban J connectivity index is 1.36. The number of carbonyl (C=O) groups is 1. The highest BCUT2D eigenvalue weighted by molar-refractivity contribution is 6.30. The number of hydrogen-bond acceptors (Lipinski definition) is 4. The molecular weight excluding hydrogens is 376 g/mol. The van der Waals surface area contributed by atoms with E-state index >= 15 is 0 Å². The van der Waals surface area contributed by atoms with Gasteiger partial charge < -0.3 is 9.67 Å². The van der Waals surface area contributed by atoms with E-state index in [2.05, 4.69) is 19.6 Å². The maximum absolute atomic E-state index is 12.1. The summed E-state index contributed by atoms with van der Waals surface area (Å²) in [5.41, 5.74) is 1.06. The van der Waals surface area contributed by atoms with Crippen LogP contribution in [0.25, 0.3) is 0 Å². The number of carboxylic acid groups (broad SMARTS) is 1. The van der Waals surface area contributed by atoms with E-state index < -0.39 is 12.0 Å². The van der Waals surface area contributed by atoms with Crippen molar-refractivity contribution in [2.45, 2.75) is 44.2 Å². The average molecular weight is 403 g/mol. The van der Waals surface area contributed by atoms with Crippen LogP contribution >= 0.6 is 11.6 Å². The SMILES string of the molecule is O=C(O)[C@@H]1C(c2ccc(Cl)cc2)CCN1N1CCC(CCn2ccnc2)CC1. The molecule has 2 aliphatic heterocycles. The number of rotatable bonds is 6. The Kier molecular flexibility index (Phi) is 5.99. The fourth-order valence-corrected chi connectivity index (χ4v) is 4.79. The largest absolute Gasteiger partial charge is 0.480 e. The molecule has 1 aromatic heterocycles. The molecule has 2 fully saturated rings. The number of imidazole rings is 1. The minimum absolute atomic E-state index is 0.00808. The molecule has 0 amide bonds. The first kappa shape index (κ1) is 19.4. The second-order valence-electron chi connectivity index (χ2n) is 7.88. The number of halogens is 1. The van der Waals surface area contributed by atoms with Crippen molar-refractivity contribution in [3.05, 3.63) is 53.6 Å². The third-order valence-corrected chi connectivity index (χ3v) is 6.48. The molecule has 0 radical (unpaired) electrons. The number of hydrogen-bond donors (Lipinski definition) is 1. The summed E-state index contributed by atoms with van der Waals surface area (Å²) in [7, 11) is 0. The fraction of sp³-hybridized carbons (Fsp3) is 0.524. The van der Waals surface area contributed by atoms with Gasteiger partial charge in [-0.2, -0.15) is 0 Å². The van der Waals surface area contributed by atoms with Crippen LogP contribution in [0.1, 0.15) is 37.2 Å². The average Bonchev–Trinajstić information content (AvgIpc) is 3.37. The van der Waals surface area contributed by atoms with Gasteiger partial charge in [-0.25, -0.2) is 15.0 Å². The van der Waals surface area contributed by atoms with Crippen molar-refractivity contribution in [1.82, 2.24) is 19.6 Å². The molecule has 1 aromatic carbocycles. The lowest BCUT2D eigenvalue weighted by atomic mass is 9.91. The molecule has 2 saturated heterocycles. The maximum atomic E-state index is 12.1. The van der Waals surface area contributed by atoms with Gasteiger partial charge in [0.25, 0.3) is 0 Å². The number of aryl methyl sites for hydroxylation is 1. The number of piperidine rings is 1. The summed E-state index contributed by atoms with van der Waals surface area (Å²) < 4.78 is 2.13. The Morgan fingerprint density at radius 3 is 2.54 bits per heavy atom. The summed E-state index contributed by atoms with van der Waals surface area (Å²) in [6.07, 6.45) is 9.94. The molecule has 7 heteroatoms. The van der Waals surface area contributed by atoms with E-state index in [1.807, 2.05) is 43.0 Å². The smallest absolute Gasteiger partial charge is 0.322 e. The lowest BCUT2D eigenvalue weighted by Crippen LogP contribution is -2.52. The van der Waals surface area contributed by atoms with Gasteiger partial charge in [0, 0.05) is 49.5 Å². The van der Waals surface area contributed by atoms with Crippen LogP contribution in [0.15, 0.2) is 43.0 Å². The molecule has 0 bridgehead atoms.